The van der Waals surface area contributed by atoms with E-state index in [-0.39, 0.29) is 6.29 Å². The van der Waals surface area contributed by atoms with E-state index in [4.69, 9.17) is 9.47 Å². The summed E-state index contributed by atoms with van der Waals surface area (Å²) in [5, 5.41) is 4.14. The van der Waals surface area contributed by atoms with Crippen LogP contribution >= 0.6 is 11.8 Å². The van der Waals surface area contributed by atoms with E-state index in [2.05, 4.69) is 10.3 Å². The van der Waals surface area contributed by atoms with Crippen molar-refractivity contribution >= 4 is 16.9 Å². The highest BCUT2D eigenvalue weighted by Crippen LogP contribution is 2.08. The second-order valence-electron chi connectivity index (χ2n) is 2.32. The van der Waals surface area contributed by atoms with Gasteiger partial charge in [0.2, 0.25) is 0 Å². The topological polar surface area (TPSA) is 42.8 Å². The highest BCUT2D eigenvalue weighted by Gasteiger charge is 2.09. The van der Waals surface area contributed by atoms with Gasteiger partial charge in [-0.05, 0) is 0 Å². The average Bonchev–Trinajstić information content (AvgIpc) is 2.59. The fraction of sp³-hybridized carbons (Fsp3) is 0.857. The Morgan fingerprint density at radius 1 is 1.58 bits per heavy atom. The third-order valence-electron chi connectivity index (χ3n) is 1.53. The van der Waals surface area contributed by atoms with Gasteiger partial charge in [-0.1, -0.05) is 11.8 Å². The molecule has 0 amide bonds. The molecule has 0 aromatic rings. The van der Waals surface area contributed by atoms with Crippen molar-refractivity contribution in [3.63, 3.8) is 0 Å². The number of methoxy groups -OCH3 is 2. The zero-order valence-electron chi connectivity index (χ0n) is 7.37. The highest BCUT2D eigenvalue weighted by molar-refractivity contribution is 8.14. The molecule has 0 saturated heterocycles. The summed E-state index contributed by atoms with van der Waals surface area (Å²) in [5.41, 5.74) is 0. The molecular weight excluding hydrogens is 176 g/mol. The fourth-order valence-corrected chi connectivity index (χ4v) is 1.62. The Morgan fingerprint density at radius 2 is 2.33 bits per heavy atom. The Balaban J connectivity index is 2.14. The zero-order valence-corrected chi connectivity index (χ0v) is 8.19. The maximum atomic E-state index is 5.01. The molecule has 0 atom stereocenters. The van der Waals surface area contributed by atoms with Crippen molar-refractivity contribution in [2.45, 2.75) is 6.29 Å². The first kappa shape index (κ1) is 9.83. The van der Waals surface area contributed by atoms with Gasteiger partial charge in [-0.25, -0.2) is 0 Å². The number of aliphatic imine (C=N–C) groups is 1. The summed E-state index contributed by atoms with van der Waals surface area (Å²) in [6.07, 6.45) is -0.186. The van der Waals surface area contributed by atoms with E-state index >= 15 is 0 Å². The minimum atomic E-state index is -0.186. The van der Waals surface area contributed by atoms with Crippen LogP contribution in [0.2, 0.25) is 0 Å². The molecule has 0 saturated carbocycles. The Morgan fingerprint density at radius 3 is 2.83 bits per heavy atom. The monoisotopic (exact) mass is 190 g/mol. The number of thioether (sulfide) groups is 1. The molecule has 0 spiro atoms. The van der Waals surface area contributed by atoms with Crippen molar-refractivity contribution in [2.75, 3.05) is 33.1 Å². The summed E-state index contributed by atoms with van der Waals surface area (Å²) in [7, 11) is 3.25. The minimum Gasteiger partial charge on any atom is -0.360 e. The lowest BCUT2D eigenvalue weighted by Crippen LogP contribution is -2.32. The first-order valence-corrected chi connectivity index (χ1v) is 4.82. The van der Waals surface area contributed by atoms with Gasteiger partial charge in [0.25, 0.3) is 0 Å². The van der Waals surface area contributed by atoms with Gasteiger partial charge in [0, 0.05) is 20.0 Å². The molecule has 0 aromatic heterocycles. The van der Waals surface area contributed by atoms with Crippen molar-refractivity contribution in [1.82, 2.24) is 5.32 Å². The van der Waals surface area contributed by atoms with Crippen LogP contribution in [-0.4, -0.2) is 44.5 Å². The molecule has 0 unspecified atom stereocenters. The zero-order chi connectivity index (χ0) is 8.81. The van der Waals surface area contributed by atoms with Gasteiger partial charge in [-0.3, -0.25) is 4.99 Å². The van der Waals surface area contributed by atoms with E-state index in [0.29, 0.717) is 6.54 Å². The second kappa shape index (κ2) is 5.40. The molecular formula is C7H14N2O2S. The average molecular weight is 190 g/mol. The smallest absolute Gasteiger partial charge is 0.174 e. The van der Waals surface area contributed by atoms with Crippen molar-refractivity contribution in [1.29, 1.82) is 0 Å². The normalized spacial score (nSPS) is 16.8. The van der Waals surface area contributed by atoms with Gasteiger partial charge in [0.1, 0.15) is 0 Å². The number of hydrogen-bond donors (Lipinski definition) is 1. The molecule has 1 rings (SSSR count). The van der Waals surface area contributed by atoms with Crippen molar-refractivity contribution in [2.24, 2.45) is 4.99 Å². The number of ether oxygens (including phenoxy) is 2. The second-order valence-corrected chi connectivity index (χ2v) is 3.40. The molecule has 0 radical (unpaired) electrons. The lowest BCUT2D eigenvalue weighted by Gasteiger charge is -2.13. The van der Waals surface area contributed by atoms with Gasteiger partial charge >= 0.3 is 0 Å². The van der Waals surface area contributed by atoms with Crippen LogP contribution in [0.3, 0.4) is 0 Å². The standard InChI is InChI=1S/C7H14N2O2S/c1-10-6(11-2)5-9-7-8-3-4-12-7/h6H,3-5H2,1-2H3,(H,8,9). The van der Waals surface area contributed by atoms with Crippen LogP contribution in [0.4, 0.5) is 0 Å². The predicted molar refractivity (Wildman–Crippen MR) is 50.6 cm³/mol. The predicted octanol–water partition coefficient (Wildman–Crippen LogP) is 0.298. The van der Waals surface area contributed by atoms with Crippen LogP contribution in [0.25, 0.3) is 0 Å². The van der Waals surface area contributed by atoms with Gasteiger partial charge in [-0.15, -0.1) is 0 Å². The molecule has 0 bridgehead atoms. The van der Waals surface area contributed by atoms with E-state index in [1.165, 1.54) is 0 Å². The van der Waals surface area contributed by atoms with Crippen LogP contribution in [0.1, 0.15) is 0 Å². The molecule has 1 N–H and O–H groups in total. The summed E-state index contributed by atoms with van der Waals surface area (Å²) in [6, 6.07) is 0. The van der Waals surface area contributed by atoms with Crippen molar-refractivity contribution in [3.05, 3.63) is 0 Å². The number of rotatable bonds is 4. The third kappa shape index (κ3) is 3.00. The van der Waals surface area contributed by atoms with Gasteiger partial charge in [0.05, 0.1) is 13.1 Å². The van der Waals surface area contributed by atoms with E-state index < -0.39 is 0 Å². The fourth-order valence-electron chi connectivity index (χ4n) is 0.876. The largest absolute Gasteiger partial charge is 0.360 e. The summed E-state index contributed by atoms with van der Waals surface area (Å²) < 4.78 is 10.0. The maximum absolute atomic E-state index is 5.01. The molecule has 0 fully saturated rings. The minimum absolute atomic E-state index is 0.186. The van der Waals surface area contributed by atoms with Gasteiger partial charge in [-0.2, -0.15) is 0 Å². The van der Waals surface area contributed by atoms with Crippen LogP contribution in [0.15, 0.2) is 4.99 Å². The van der Waals surface area contributed by atoms with Gasteiger partial charge in [0.15, 0.2) is 11.5 Å². The molecule has 0 aliphatic carbocycles. The van der Waals surface area contributed by atoms with Gasteiger partial charge < -0.3 is 14.8 Å². The quantitative estimate of drug-likeness (QED) is 0.647. The molecule has 5 heteroatoms. The van der Waals surface area contributed by atoms with Crippen molar-refractivity contribution in [3.8, 4) is 0 Å². The Bertz CT molecular complexity index is 159. The lowest BCUT2D eigenvalue weighted by atomic mass is 10.6. The summed E-state index contributed by atoms with van der Waals surface area (Å²) >= 11 is 1.73. The lowest BCUT2D eigenvalue weighted by molar-refractivity contribution is -0.0964. The van der Waals surface area contributed by atoms with E-state index in [0.717, 1.165) is 17.5 Å². The molecule has 1 heterocycles. The summed E-state index contributed by atoms with van der Waals surface area (Å²) in [6.45, 7) is 1.57. The van der Waals surface area contributed by atoms with Crippen molar-refractivity contribution < 1.29 is 9.47 Å². The van der Waals surface area contributed by atoms with Crippen LogP contribution in [-0.2, 0) is 9.47 Å². The van der Waals surface area contributed by atoms with Crippen LogP contribution in [0, 0.1) is 0 Å². The van der Waals surface area contributed by atoms with E-state index in [9.17, 15) is 0 Å². The number of amidine groups is 1. The number of nitrogens with one attached hydrogen (secondary N) is 1. The molecule has 4 nitrogen and oxygen atoms in total. The summed E-state index contributed by atoms with van der Waals surface area (Å²) in [5.74, 6) is 1.08. The molecule has 12 heavy (non-hydrogen) atoms. The maximum Gasteiger partial charge on any atom is 0.174 e. The Kier molecular flexibility index (Phi) is 4.42. The first-order chi connectivity index (χ1) is 5.86. The Hall–Kier alpha value is -0.260. The SMILES string of the molecule is COC(CNC1=NCCS1)OC. The van der Waals surface area contributed by atoms with Crippen LogP contribution < -0.4 is 5.32 Å². The molecule has 70 valence electrons. The number of nitrogens with zero attached hydrogens (tertiary/aromatic N) is 1. The molecule has 1 aliphatic rings. The Labute approximate surface area is 76.7 Å². The highest BCUT2D eigenvalue weighted by atomic mass is 32.2. The van der Waals surface area contributed by atoms with Crippen LogP contribution in [0.5, 0.6) is 0 Å². The first-order valence-electron chi connectivity index (χ1n) is 3.83. The number of hydrogen-bond acceptors (Lipinski definition) is 5. The van der Waals surface area contributed by atoms with E-state index in [1.54, 1.807) is 26.0 Å². The molecule has 0 aromatic carbocycles. The summed E-state index contributed by atoms with van der Waals surface area (Å²) in [4.78, 5) is 4.23. The van der Waals surface area contributed by atoms with E-state index in [1.807, 2.05) is 0 Å². The molecule has 1 aliphatic heterocycles. The third-order valence-corrected chi connectivity index (χ3v) is 2.46.